The third-order valence-electron chi connectivity index (χ3n) is 5.01. The van der Waals surface area contributed by atoms with Crippen LogP contribution in [0.1, 0.15) is 29.5 Å². The standard InChI is InChI=1S/C22H22N2O2/c1-15-12-16(2)14-18(13-15)24-21(25)19(17-8-4-3-5-9-17)20(22(24)26)23-10-6-7-11-23/h3-5,8-9,12-14H,6-7,10-11H2,1-2H3. The minimum Gasteiger partial charge on any atom is -0.366 e. The molecule has 0 aromatic heterocycles. The Morgan fingerprint density at radius 3 is 2.04 bits per heavy atom. The van der Waals surface area contributed by atoms with E-state index in [1.807, 2.05) is 62.4 Å². The van der Waals surface area contributed by atoms with Gasteiger partial charge < -0.3 is 4.90 Å². The van der Waals surface area contributed by atoms with Crippen molar-refractivity contribution in [2.24, 2.45) is 0 Å². The highest BCUT2D eigenvalue weighted by atomic mass is 16.2. The summed E-state index contributed by atoms with van der Waals surface area (Å²) < 4.78 is 0. The molecule has 2 aliphatic heterocycles. The molecule has 2 amide bonds. The number of likely N-dealkylation sites (tertiary alicyclic amines) is 1. The number of hydrogen-bond acceptors (Lipinski definition) is 3. The summed E-state index contributed by atoms with van der Waals surface area (Å²) in [5.74, 6) is -0.436. The molecule has 4 rings (SSSR count). The minimum absolute atomic E-state index is 0.208. The van der Waals surface area contributed by atoms with Gasteiger partial charge in [-0.2, -0.15) is 0 Å². The Balaban J connectivity index is 1.85. The summed E-state index contributed by atoms with van der Waals surface area (Å²) in [6.45, 7) is 5.61. The Labute approximate surface area is 153 Å². The van der Waals surface area contributed by atoms with E-state index in [1.54, 1.807) is 0 Å². The van der Waals surface area contributed by atoms with E-state index in [9.17, 15) is 9.59 Å². The van der Waals surface area contributed by atoms with Gasteiger partial charge in [-0.15, -0.1) is 0 Å². The normalized spacial score (nSPS) is 17.6. The number of nitrogens with zero attached hydrogens (tertiary/aromatic N) is 2. The Bertz CT molecular complexity index is 889. The third kappa shape index (κ3) is 2.71. The quantitative estimate of drug-likeness (QED) is 0.796. The number of benzene rings is 2. The Hall–Kier alpha value is -2.88. The third-order valence-corrected chi connectivity index (χ3v) is 5.01. The maximum Gasteiger partial charge on any atom is 0.282 e. The van der Waals surface area contributed by atoms with Crippen molar-refractivity contribution in [3.8, 4) is 0 Å². The van der Waals surface area contributed by atoms with Crippen molar-refractivity contribution < 1.29 is 9.59 Å². The van der Waals surface area contributed by atoms with Gasteiger partial charge in [0.2, 0.25) is 0 Å². The van der Waals surface area contributed by atoms with Gasteiger partial charge in [0.25, 0.3) is 11.8 Å². The predicted octanol–water partition coefficient (Wildman–Crippen LogP) is 3.68. The largest absolute Gasteiger partial charge is 0.366 e. The summed E-state index contributed by atoms with van der Waals surface area (Å²) in [6, 6.07) is 15.4. The Morgan fingerprint density at radius 2 is 1.42 bits per heavy atom. The molecule has 0 atom stereocenters. The second kappa shape index (κ2) is 6.45. The van der Waals surface area contributed by atoms with Crippen molar-refractivity contribution in [1.29, 1.82) is 0 Å². The van der Waals surface area contributed by atoms with Crippen LogP contribution < -0.4 is 4.90 Å². The average molecular weight is 346 g/mol. The molecule has 0 spiro atoms. The molecule has 0 unspecified atom stereocenters. The zero-order valence-electron chi connectivity index (χ0n) is 15.2. The summed E-state index contributed by atoms with van der Waals surface area (Å²) in [6.07, 6.45) is 2.10. The number of carbonyl (C=O) groups is 2. The van der Waals surface area contributed by atoms with Gasteiger partial charge in [0.15, 0.2) is 0 Å². The van der Waals surface area contributed by atoms with Crippen LogP contribution in [-0.2, 0) is 9.59 Å². The number of hydrogen-bond donors (Lipinski definition) is 0. The zero-order valence-corrected chi connectivity index (χ0v) is 15.2. The van der Waals surface area contributed by atoms with E-state index in [1.165, 1.54) is 4.90 Å². The number of carbonyl (C=O) groups excluding carboxylic acids is 2. The SMILES string of the molecule is Cc1cc(C)cc(N2C(=O)C(c3ccccc3)=C(N3CCCC3)C2=O)c1. The molecule has 0 aliphatic carbocycles. The topological polar surface area (TPSA) is 40.6 Å². The van der Waals surface area contributed by atoms with Gasteiger partial charge in [-0.05, 0) is 55.5 Å². The van der Waals surface area contributed by atoms with Gasteiger partial charge >= 0.3 is 0 Å². The summed E-state index contributed by atoms with van der Waals surface area (Å²) in [5, 5.41) is 0. The van der Waals surface area contributed by atoms with Crippen LogP contribution in [0.25, 0.3) is 5.57 Å². The highest BCUT2D eigenvalue weighted by molar-refractivity contribution is 6.45. The van der Waals surface area contributed by atoms with Crippen LogP contribution in [0.2, 0.25) is 0 Å². The number of imide groups is 1. The van der Waals surface area contributed by atoms with E-state index < -0.39 is 0 Å². The number of amides is 2. The van der Waals surface area contributed by atoms with E-state index >= 15 is 0 Å². The fourth-order valence-electron chi connectivity index (χ4n) is 3.93. The highest BCUT2D eigenvalue weighted by Gasteiger charge is 2.42. The van der Waals surface area contributed by atoms with E-state index in [-0.39, 0.29) is 11.8 Å². The molecule has 2 aromatic carbocycles. The summed E-state index contributed by atoms with van der Waals surface area (Å²) in [7, 11) is 0. The first kappa shape index (κ1) is 16.6. The lowest BCUT2D eigenvalue weighted by Gasteiger charge is -2.20. The van der Waals surface area contributed by atoms with E-state index in [4.69, 9.17) is 0 Å². The van der Waals surface area contributed by atoms with Crippen LogP contribution in [0.3, 0.4) is 0 Å². The molecule has 26 heavy (non-hydrogen) atoms. The summed E-state index contributed by atoms with van der Waals surface area (Å²) in [5.41, 5.74) is 4.61. The van der Waals surface area contributed by atoms with Gasteiger partial charge in [0, 0.05) is 13.1 Å². The molecule has 4 heteroatoms. The van der Waals surface area contributed by atoms with Gasteiger partial charge in [-0.25, -0.2) is 4.90 Å². The van der Waals surface area contributed by atoms with Crippen molar-refractivity contribution >= 4 is 23.1 Å². The van der Waals surface area contributed by atoms with Gasteiger partial charge in [0.1, 0.15) is 5.70 Å². The molecule has 2 aromatic rings. The van der Waals surface area contributed by atoms with Crippen LogP contribution in [-0.4, -0.2) is 29.8 Å². The molecular formula is C22H22N2O2. The lowest BCUT2D eigenvalue weighted by atomic mass is 10.0. The molecule has 2 heterocycles. The lowest BCUT2D eigenvalue weighted by molar-refractivity contribution is -0.120. The second-order valence-corrected chi connectivity index (χ2v) is 7.08. The van der Waals surface area contributed by atoms with E-state index in [2.05, 4.69) is 4.90 Å². The Kier molecular flexibility index (Phi) is 4.11. The molecule has 2 aliphatic rings. The van der Waals surface area contributed by atoms with Crippen LogP contribution in [0.5, 0.6) is 0 Å². The molecule has 1 fully saturated rings. The number of rotatable bonds is 3. The first-order valence-corrected chi connectivity index (χ1v) is 9.08. The van der Waals surface area contributed by atoms with Gasteiger partial charge in [-0.3, -0.25) is 9.59 Å². The summed E-state index contributed by atoms with van der Waals surface area (Å²) >= 11 is 0. The van der Waals surface area contributed by atoms with Crippen LogP contribution in [0.4, 0.5) is 5.69 Å². The number of aryl methyl sites for hydroxylation is 2. The summed E-state index contributed by atoms with van der Waals surface area (Å²) in [4.78, 5) is 30.1. The maximum absolute atomic E-state index is 13.3. The molecule has 4 nitrogen and oxygen atoms in total. The molecule has 0 bridgehead atoms. The highest BCUT2D eigenvalue weighted by Crippen LogP contribution is 2.36. The zero-order chi connectivity index (χ0) is 18.3. The molecule has 132 valence electrons. The van der Waals surface area contributed by atoms with Crippen LogP contribution in [0, 0.1) is 13.8 Å². The molecule has 0 saturated carbocycles. The predicted molar refractivity (Wildman–Crippen MR) is 103 cm³/mol. The first-order valence-electron chi connectivity index (χ1n) is 9.08. The second-order valence-electron chi connectivity index (χ2n) is 7.08. The molecule has 0 N–H and O–H groups in total. The Morgan fingerprint density at radius 1 is 0.808 bits per heavy atom. The van der Waals surface area contributed by atoms with Crippen molar-refractivity contribution in [2.45, 2.75) is 26.7 Å². The molecule has 0 radical (unpaired) electrons. The van der Waals surface area contributed by atoms with Crippen molar-refractivity contribution in [2.75, 3.05) is 18.0 Å². The van der Waals surface area contributed by atoms with Crippen LogP contribution in [0.15, 0.2) is 54.2 Å². The van der Waals surface area contributed by atoms with Gasteiger partial charge in [-0.1, -0.05) is 36.4 Å². The fourth-order valence-corrected chi connectivity index (χ4v) is 3.93. The average Bonchev–Trinajstić information content (AvgIpc) is 3.21. The molecular weight excluding hydrogens is 324 g/mol. The van der Waals surface area contributed by atoms with E-state index in [0.29, 0.717) is 17.0 Å². The minimum atomic E-state index is -0.229. The molecule has 1 saturated heterocycles. The number of anilines is 1. The lowest BCUT2D eigenvalue weighted by Crippen LogP contribution is -2.34. The smallest absolute Gasteiger partial charge is 0.282 e. The van der Waals surface area contributed by atoms with Gasteiger partial charge in [0.05, 0.1) is 11.3 Å². The monoisotopic (exact) mass is 346 g/mol. The van der Waals surface area contributed by atoms with Crippen molar-refractivity contribution in [3.63, 3.8) is 0 Å². The van der Waals surface area contributed by atoms with Crippen molar-refractivity contribution in [3.05, 3.63) is 70.9 Å². The fraction of sp³-hybridized carbons (Fsp3) is 0.273. The van der Waals surface area contributed by atoms with Crippen LogP contribution >= 0.6 is 0 Å². The van der Waals surface area contributed by atoms with Crippen molar-refractivity contribution in [1.82, 2.24) is 4.90 Å². The van der Waals surface area contributed by atoms with E-state index in [0.717, 1.165) is 42.6 Å². The maximum atomic E-state index is 13.3. The first-order chi connectivity index (χ1) is 12.6.